The van der Waals surface area contributed by atoms with E-state index in [1.807, 2.05) is 17.8 Å². The van der Waals surface area contributed by atoms with Crippen molar-refractivity contribution in [2.45, 2.75) is 12.1 Å². The van der Waals surface area contributed by atoms with Crippen molar-refractivity contribution in [1.29, 1.82) is 0 Å². The van der Waals surface area contributed by atoms with E-state index in [9.17, 15) is 5.11 Å². The predicted octanol–water partition coefficient (Wildman–Crippen LogP) is 0.255. The van der Waals surface area contributed by atoms with Gasteiger partial charge in [-0.2, -0.15) is 11.8 Å². The molecule has 0 radical (unpaired) electrons. The fraction of sp³-hybridized carbons (Fsp3) is 0.778. The summed E-state index contributed by atoms with van der Waals surface area (Å²) in [5.41, 5.74) is 0. The van der Waals surface area contributed by atoms with Crippen LogP contribution in [0.2, 0.25) is 0 Å². The zero-order chi connectivity index (χ0) is 9.52. The predicted molar refractivity (Wildman–Crippen MR) is 56.1 cm³/mol. The minimum Gasteiger partial charge on any atom is -0.389 e. The summed E-state index contributed by atoms with van der Waals surface area (Å²) in [4.78, 5) is 0. The number of rotatable bonds is 6. The summed E-state index contributed by atoms with van der Waals surface area (Å²) in [7, 11) is 0. The maximum absolute atomic E-state index is 9.38. The lowest BCUT2D eigenvalue weighted by molar-refractivity contribution is 0.122. The Balaban J connectivity index is 1.95. The Morgan fingerprint density at radius 3 is 3.08 bits per heavy atom. The first-order chi connectivity index (χ1) is 6.34. The number of nitrogens with one attached hydrogen (secondary N) is 1. The highest BCUT2D eigenvalue weighted by Gasteiger charge is 2.24. The molecule has 3 nitrogen and oxygen atoms in total. The van der Waals surface area contributed by atoms with Gasteiger partial charge in [-0.3, -0.25) is 0 Å². The summed E-state index contributed by atoms with van der Waals surface area (Å²) in [5.74, 6) is 2.04. The Morgan fingerprint density at radius 1 is 1.62 bits per heavy atom. The minimum atomic E-state index is -0.329. The van der Waals surface area contributed by atoms with Crippen LogP contribution in [-0.4, -0.2) is 48.5 Å². The number of hydrogen-bond donors (Lipinski definition) is 2. The summed E-state index contributed by atoms with van der Waals surface area (Å²) in [6, 6.07) is 0.129. The summed E-state index contributed by atoms with van der Waals surface area (Å²) in [5, 5.41) is 12.6. The van der Waals surface area contributed by atoms with Crippen LogP contribution < -0.4 is 5.32 Å². The van der Waals surface area contributed by atoms with Crippen molar-refractivity contribution in [2.75, 3.05) is 31.3 Å². The van der Waals surface area contributed by atoms with Crippen LogP contribution in [0.5, 0.6) is 0 Å². The van der Waals surface area contributed by atoms with Crippen LogP contribution in [0.3, 0.4) is 0 Å². The molecule has 1 heterocycles. The highest BCUT2D eigenvalue weighted by molar-refractivity contribution is 7.99. The number of aliphatic hydroxyl groups is 1. The molecule has 4 heteroatoms. The normalized spacial score (nSPS) is 27.8. The van der Waals surface area contributed by atoms with Gasteiger partial charge >= 0.3 is 0 Å². The van der Waals surface area contributed by atoms with Crippen molar-refractivity contribution in [3.8, 4) is 0 Å². The summed E-state index contributed by atoms with van der Waals surface area (Å²) in [6.45, 7) is 5.67. The van der Waals surface area contributed by atoms with Gasteiger partial charge in [-0.1, -0.05) is 6.08 Å². The van der Waals surface area contributed by atoms with Crippen LogP contribution in [0.25, 0.3) is 0 Å². The molecule has 1 saturated heterocycles. The van der Waals surface area contributed by atoms with E-state index in [0.717, 1.165) is 18.1 Å². The molecule has 0 aromatic carbocycles. The molecule has 2 unspecified atom stereocenters. The maximum Gasteiger partial charge on any atom is 0.0948 e. The van der Waals surface area contributed by atoms with Gasteiger partial charge in [-0.15, -0.1) is 6.58 Å². The van der Waals surface area contributed by atoms with E-state index in [1.165, 1.54) is 0 Å². The Kier molecular flexibility index (Phi) is 5.46. The highest BCUT2D eigenvalue weighted by atomic mass is 32.2. The molecule has 0 aliphatic carbocycles. The molecular weight excluding hydrogens is 186 g/mol. The van der Waals surface area contributed by atoms with Gasteiger partial charge in [0.25, 0.3) is 0 Å². The van der Waals surface area contributed by atoms with Crippen molar-refractivity contribution in [1.82, 2.24) is 5.32 Å². The number of hydrogen-bond acceptors (Lipinski definition) is 4. The zero-order valence-corrected chi connectivity index (χ0v) is 8.55. The van der Waals surface area contributed by atoms with E-state index in [1.54, 1.807) is 0 Å². The second kappa shape index (κ2) is 6.43. The monoisotopic (exact) mass is 203 g/mol. The molecular formula is C9H17NO2S. The minimum absolute atomic E-state index is 0.129. The molecule has 1 aliphatic heterocycles. The molecule has 13 heavy (non-hydrogen) atoms. The number of thioether (sulfide) groups is 1. The van der Waals surface area contributed by atoms with E-state index in [0.29, 0.717) is 13.2 Å². The van der Waals surface area contributed by atoms with E-state index < -0.39 is 0 Å². The highest BCUT2D eigenvalue weighted by Crippen LogP contribution is 2.05. The van der Waals surface area contributed by atoms with Crippen LogP contribution in [0.15, 0.2) is 12.7 Å². The standard InChI is InChI=1S/C9H17NO2S/c1-2-4-13-5-3-10-8-6-12-7-9(8)11/h2,8-11H,1,3-7H2. The van der Waals surface area contributed by atoms with Gasteiger partial charge in [0, 0.05) is 18.1 Å². The molecule has 1 fully saturated rings. The van der Waals surface area contributed by atoms with Gasteiger partial charge in [0.1, 0.15) is 0 Å². The van der Waals surface area contributed by atoms with Gasteiger partial charge in [0.15, 0.2) is 0 Å². The van der Waals surface area contributed by atoms with Crippen LogP contribution >= 0.6 is 11.8 Å². The first-order valence-electron chi connectivity index (χ1n) is 4.52. The topological polar surface area (TPSA) is 41.5 Å². The first kappa shape index (κ1) is 11.0. The van der Waals surface area contributed by atoms with Crippen molar-refractivity contribution < 1.29 is 9.84 Å². The SMILES string of the molecule is C=CCSCCNC1COCC1O. The molecule has 2 N–H and O–H groups in total. The second-order valence-corrected chi connectivity index (χ2v) is 4.18. The molecule has 0 amide bonds. The lowest BCUT2D eigenvalue weighted by Crippen LogP contribution is -2.39. The molecule has 2 atom stereocenters. The van der Waals surface area contributed by atoms with Crippen molar-refractivity contribution in [3.05, 3.63) is 12.7 Å². The Morgan fingerprint density at radius 2 is 2.46 bits per heavy atom. The average molecular weight is 203 g/mol. The van der Waals surface area contributed by atoms with Gasteiger partial charge < -0.3 is 15.2 Å². The smallest absolute Gasteiger partial charge is 0.0948 e. The van der Waals surface area contributed by atoms with Crippen molar-refractivity contribution in [2.24, 2.45) is 0 Å². The third kappa shape index (κ3) is 4.13. The lowest BCUT2D eigenvalue weighted by Gasteiger charge is -2.13. The van der Waals surface area contributed by atoms with Crippen LogP contribution in [-0.2, 0) is 4.74 Å². The van der Waals surface area contributed by atoms with Gasteiger partial charge in [-0.05, 0) is 0 Å². The molecule has 0 aromatic rings. The van der Waals surface area contributed by atoms with E-state index in [4.69, 9.17) is 4.74 Å². The molecule has 0 aromatic heterocycles. The fourth-order valence-electron chi connectivity index (χ4n) is 1.22. The summed E-state index contributed by atoms with van der Waals surface area (Å²) >= 11 is 1.83. The third-order valence-electron chi connectivity index (χ3n) is 1.94. The van der Waals surface area contributed by atoms with Crippen molar-refractivity contribution >= 4 is 11.8 Å². The largest absolute Gasteiger partial charge is 0.389 e. The van der Waals surface area contributed by atoms with Gasteiger partial charge in [-0.25, -0.2) is 0 Å². The van der Waals surface area contributed by atoms with Crippen LogP contribution in [0.1, 0.15) is 0 Å². The summed E-state index contributed by atoms with van der Waals surface area (Å²) < 4.78 is 5.11. The van der Waals surface area contributed by atoms with E-state index in [-0.39, 0.29) is 12.1 Å². The fourth-order valence-corrected chi connectivity index (χ4v) is 1.82. The van der Waals surface area contributed by atoms with E-state index >= 15 is 0 Å². The molecule has 1 aliphatic rings. The van der Waals surface area contributed by atoms with Crippen LogP contribution in [0, 0.1) is 0 Å². The zero-order valence-electron chi connectivity index (χ0n) is 7.74. The first-order valence-corrected chi connectivity index (χ1v) is 5.68. The second-order valence-electron chi connectivity index (χ2n) is 3.03. The molecule has 0 spiro atoms. The number of ether oxygens (including phenoxy) is 1. The Labute approximate surface area is 83.5 Å². The maximum atomic E-state index is 9.38. The lowest BCUT2D eigenvalue weighted by atomic mass is 10.2. The molecule has 1 rings (SSSR count). The Bertz CT molecular complexity index is 155. The molecule has 0 saturated carbocycles. The van der Waals surface area contributed by atoms with Gasteiger partial charge in [0.05, 0.1) is 25.4 Å². The molecule has 0 bridgehead atoms. The van der Waals surface area contributed by atoms with Crippen molar-refractivity contribution in [3.63, 3.8) is 0 Å². The summed E-state index contributed by atoms with van der Waals surface area (Å²) in [6.07, 6.45) is 1.57. The Hall–Kier alpha value is -0.0300. The molecule has 76 valence electrons. The van der Waals surface area contributed by atoms with Gasteiger partial charge in [0.2, 0.25) is 0 Å². The average Bonchev–Trinajstić information content (AvgIpc) is 2.52. The number of aliphatic hydroxyl groups excluding tert-OH is 1. The van der Waals surface area contributed by atoms with E-state index in [2.05, 4.69) is 11.9 Å². The quantitative estimate of drug-likeness (QED) is 0.480. The third-order valence-corrected chi connectivity index (χ3v) is 2.90. The van der Waals surface area contributed by atoms with Crippen LogP contribution in [0.4, 0.5) is 0 Å².